The topological polar surface area (TPSA) is 122 Å². The fraction of sp³-hybridized carbons (Fsp3) is 0.500. The van der Waals surface area contributed by atoms with Gasteiger partial charge in [-0.15, -0.1) is 0 Å². The Balaban J connectivity index is 3.30. The number of anilines is 2. The van der Waals surface area contributed by atoms with Crippen LogP contribution in [0.5, 0.6) is 0 Å². The Hall–Kier alpha value is -2.43. The van der Waals surface area contributed by atoms with E-state index >= 15 is 0 Å². The molecule has 1 rings (SSSR count). The molecule has 1 atom stereocenters. The van der Waals surface area contributed by atoms with E-state index in [1.165, 1.54) is 6.92 Å². The Labute approximate surface area is 104 Å². The summed E-state index contributed by atoms with van der Waals surface area (Å²) >= 11 is 0. The van der Waals surface area contributed by atoms with Crippen LogP contribution in [0.2, 0.25) is 0 Å². The zero-order valence-electron chi connectivity index (χ0n) is 10.4. The molecule has 2 N–H and O–H groups in total. The van der Waals surface area contributed by atoms with E-state index in [0.29, 0.717) is 0 Å². The molecule has 0 radical (unpaired) electrons. The molecule has 0 aliphatic carbocycles. The molecule has 1 aromatic heterocycles. The van der Waals surface area contributed by atoms with Crippen LogP contribution in [-0.4, -0.2) is 28.0 Å². The van der Waals surface area contributed by atoms with Crippen molar-refractivity contribution in [2.24, 2.45) is 0 Å². The zero-order valence-corrected chi connectivity index (χ0v) is 10.4. The lowest BCUT2D eigenvalue weighted by Gasteiger charge is -2.23. The number of nitro groups is 1. The Morgan fingerprint density at radius 1 is 1.61 bits per heavy atom. The summed E-state index contributed by atoms with van der Waals surface area (Å²) in [5.41, 5.74) is 5.53. The number of rotatable bonds is 4. The van der Waals surface area contributed by atoms with Crippen LogP contribution in [0.15, 0.2) is 0 Å². The van der Waals surface area contributed by atoms with E-state index < -0.39 is 4.92 Å². The van der Waals surface area contributed by atoms with E-state index in [1.807, 2.05) is 6.07 Å². The van der Waals surface area contributed by atoms with Gasteiger partial charge in [0.1, 0.15) is 5.69 Å². The molecular formula is C10H14N6O2. The molecule has 0 aliphatic heterocycles. The quantitative estimate of drug-likeness (QED) is 0.624. The maximum Gasteiger partial charge on any atom is 0.332 e. The van der Waals surface area contributed by atoms with Crippen LogP contribution in [0.25, 0.3) is 0 Å². The van der Waals surface area contributed by atoms with Crippen molar-refractivity contribution in [2.45, 2.75) is 26.3 Å². The molecule has 0 spiro atoms. The number of nitrogens with two attached hydrogens (primary N) is 1. The summed E-state index contributed by atoms with van der Waals surface area (Å²) in [6.07, 6.45) is 0.233. The Morgan fingerprint density at radius 3 is 2.72 bits per heavy atom. The molecule has 0 saturated carbocycles. The van der Waals surface area contributed by atoms with Crippen molar-refractivity contribution in [3.63, 3.8) is 0 Å². The lowest BCUT2D eigenvalue weighted by molar-refractivity contribution is -0.385. The number of hydrogen-bond acceptors (Lipinski definition) is 7. The third-order valence-electron chi connectivity index (χ3n) is 2.62. The first-order valence-corrected chi connectivity index (χ1v) is 5.26. The fourth-order valence-electron chi connectivity index (χ4n) is 1.51. The highest BCUT2D eigenvalue weighted by Gasteiger charge is 2.26. The molecule has 0 bridgehead atoms. The van der Waals surface area contributed by atoms with Gasteiger partial charge in [-0.3, -0.25) is 10.1 Å². The molecule has 18 heavy (non-hydrogen) atoms. The van der Waals surface area contributed by atoms with Crippen LogP contribution in [0, 0.1) is 28.4 Å². The number of nitrogens with zero attached hydrogens (tertiary/aromatic N) is 5. The molecule has 0 saturated heterocycles. The summed E-state index contributed by atoms with van der Waals surface area (Å²) in [6.45, 7) is 3.28. The molecule has 0 fully saturated rings. The Morgan fingerprint density at radius 2 is 2.22 bits per heavy atom. The molecule has 1 heterocycles. The average molecular weight is 250 g/mol. The standard InChI is InChI=1S/C10H14N6O2/c1-6(4-5-11)15(3)9-8(16(17)18)7(2)13-10(12)14-9/h6H,4H2,1-3H3,(H2,12,13,14). The van der Waals surface area contributed by atoms with Gasteiger partial charge in [0.25, 0.3) is 0 Å². The molecule has 0 aromatic carbocycles. The van der Waals surface area contributed by atoms with Crippen molar-refractivity contribution >= 4 is 17.5 Å². The Bertz CT molecular complexity index is 510. The normalized spacial score (nSPS) is 11.7. The maximum absolute atomic E-state index is 11.0. The summed E-state index contributed by atoms with van der Waals surface area (Å²) in [7, 11) is 1.64. The van der Waals surface area contributed by atoms with E-state index in [1.54, 1.807) is 18.9 Å². The van der Waals surface area contributed by atoms with Crippen molar-refractivity contribution < 1.29 is 4.92 Å². The van der Waals surface area contributed by atoms with Gasteiger partial charge in [-0.2, -0.15) is 10.2 Å². The molecular weight excluding hydrogens is 236 g/mol. The average Bonchev–Trinajstić information content (AvgIpc) is 2.26. The van der Waals surface area contributed by atoms with Crippen molar-refractivity contribution in [1.82, 2.24) is 9.97 Å². The smallest absolute Gasteiger partial charge is 0.332 e. The number of aromatic nitrogens is 2. The fourth-order valence-corrected chi connectivity index (χ4v) is 1.51. The highest BCUT2D eigenvalue weighted by molar-refractivity contribution is 5.62. The summed E-state index contributed by atoms with van der Waals surface area (Å²) in [4.78, 5) is 19.7. The van der Waals surface area contributed by atoms with Gasteiger partial charge in [0.05, 0.1) is 17.4 Å². The molecule has 1 unspecified atom stereocenters. The minimum absolute atomic E-state index is 0.0240. The van der Waals surface area contributed by atoms with Crippen LogP contribution in [0.4, 0.5) is 17.5 Å². The van der Waals surface area contributed by atoms with Gasteiger partial charge in [-0.1, -0.05) is 0 Å². The first-order valence-electron chi connectivity index (χ1n) is 5.26. The predicted octanol–water partition coefficient (Wildman–Crippen LogP) is 1.01. The van der Waals surface area contributed by atoms with Crippen LogP contribution in [-0.2, 0) is 0 Å². The van der Waals surface area contributed by atoms with E-state index in [0.717, 1.165) is 0 Å². The van der Waals surface area contributed by atoms with Gasteiger partial charge in [0.2, 0.25) is 11.8 Å². The molecule has 96 valence electrons. The van der Waals surface area contributed by atoms with E-state index in [-0.39, 0.29) is 35.6 Å². The number of aryl methyl sites for hydroxylation is 1. The van der Waals surface area contributed by atoms with Gasteiger partial charge in [0, 0.05) is 13.1 Å². The maximum atomic E-state index is 11.0. The lowest BCUT2D eigenvalue weighted by atomic mass is 10.2. The molecule has 8 nitrogen and oxygen atoms in total. The van der Waals surface area contributed by atoms with Gasteiger partial charge >= 0.3 is 5.69 Å². The summed E-state index contributed by atoms with van der Waals surface area (Å²) in [6, 6.07) is 1.80. The van der Waals surface area contributed by atoms with E-state index in [9.17, 15) is 10.1 Å². The summed E-state index contributed by atoms with van der Waals surface area (Å²) in [5.74, 6) is 0.108. The Kier molecular flexibility index (Phi) is 3.99. The molecule has 8 heteroatoms. The first kappa shape index (κ1) is 13.6. The van der Waals surface area contributed by atoms with Crippen LogP contribution in [0.3, 0.4) is 0 Å². The first-order chi connectivity index (χ1) is 8.38. The summed E-state index contributed by atoms with van der Waals surface area (Å²) in [5, 5.41) is 19.7. The van der Waals surface area contributed by atoms with Crippen molar-refractivity contribution in [1.29, 1.82) is 5.26 Å². The van der Waals surface area contributed by atoms with Gasteiger partial charge in [-0.25, -0.2) is 4.98 Å². The number of nitriles is 1. The van der Waals surface area contributed by atoms with Gasteiger partial charge in [0.15, 0.2) is 0 Å². The van der Waals surface area contributed by atoms with Crippen LogP contribution < -0.4 is 10.6 Å². The van der Waals surface area contributed by atoms with Gasteiger partial charge < -0.3 is 10.6 Å². The molecule has 0 aliphatic rings. The highest BCUT2D eigenvalue weighted by atomic mass is 16.6. The molecule has 0 amide bonds. The molecule has 1 aromatic rings. The second-order valence-electron chi connectivity index (χ2n) is 3.92. The van der Waals surface area contributed by atoms with Gasteiger partial charge in [-0.05, 0) is 13.8 Å². The third-order valence-corrected chi connectivity index (χ3v) is 2.62. The van der Waals surface area contributed by atoms with E-state index in [4.69, 9.17) is 11.0 Å². The lowest BCUT2D eigenvalue weighted by Crippen LogP contribution is -2.30. The minimum atomic E-state index is -0.542. The van der Waals surface area contributed by atoms with Crippen LogP contribution >= 0.6 is 0 Å². The predicted molar refractivity (Wildman–Crippen MR) is 65.9 cm³/mol. The second kappa shape index (κ2) is 5.27. The largest absolute Gasteiger partial charge is 0.368 e. The van der Waals surface area contributed by atoms with Crippen molar-refractivity contribution in [3.8, 4) is 6.07 Å². The minimum Gasteiger partial charge on any atom is -0.368 e. The number of nitrogen functional groups attached to an aromatic ring is 1. The highest BCUT2D eigenvalue weighted by Crippen LogP contribution is 2.29. The zero-order chi connectivity index (χ0) is 13.9. The van der Waals surface area contributed by atoms with E-state index in [2.05, 4.69) is 9.97 Å². The van der Waals surface area contributed by atoms with Crippen molar-refractivity contribution in [3.05, 3.63) is 15.8 Å². The van der Waals surface area contributed by atoms with Crippen molar-refractivity contribution in [2.75, 3.05) is 17.7 Å². The van der Waals surface area contributed by atoms with Crippen LogP contribution in [0.1, 0.15) is 19.0 Å². The second-order valence-corrected chi connectivity index (χ2v) is 3.92. The monoisotopic (exact) mass is 250 g/mol. The SMILES string of the molecule is Cc1nc(N)nc(N(C)C(C)CC#N)c1[N+](=O)[O-]. The number of hydrogen-bond donors (Lipinski definition) is 1. The summed E-state index contributed by atoms with van der Waals surface area (Å²) < 4.78 is 0. The third kappa shape index (κ3) is 2.63.